The molecule has 0 aliphatic heterocycles. The summed E-state index contributed by atoms with van der Waals surface area (Å²) in [7, 11) is -2.62. The second kappa shape index (κ2) is 7.00. The highest BCUT2D eigenvalue weighted by atomic mass is 32.2. The van der Waals surface area contributed by atoms with E-state index in [4.69, 9.17) is 4.74 Å². The number of fused-ring (bicyclic) bond motifs is 1. The van der Waals surface area contributed by atoms with Gasteiger partial charge in [0.2, 0.25) is 16.9 Å². The van der Waals surface area contributed by atoms with Crippen LogP contribution in [0.25, 0.3) is 0 Å². The SMILES string of the molecule is COc1cccc2c1CCC2C(=O)NS(=O)(=O)c1nnc(NC(C)=O)s1. The predicted octanol–water partition coefficient (Wildman–Crippen LogP) is 1.04. The van der Waals surface area contributed by atoms with Crippen molar-refractivity contribution in [2.24, 2.45) is 0 Å². The Hall–Kier alpha value is -2.53. The molecule has 1 aliphatic rings. The highest BCUT2D eigenvalue weighted by Gasteiger charge is 2.34. The van der Waals surface area contributed by atoms with E-state index in [9.17, 15) is 18.0 Å². The monoisotopic (exact) mass is 396 g/mol. The molecule has 1 unspecified atom stereocenters. The Labute approximate surface area is 153 Å². The molecule has 0 saturated carbocycles. The molecule has 2 amide bonds. The number of nitrogens with one attached hydrogen (secondary N) is 2. The van der Waals surface area contributed by atoms with E-state index in [1.54, 1.807) is 25.3 Å². The number of nitrogens with zero attached hydrogens (tertiary/aromatic N) is 2. The highest BCUT2D eigenvalue weighted by molar-refractivity contribution is 7.92. The lowest BCUT2D eigenvalue weighted by Gasteiger charge is -2.12. The zero-order valence-electron chi connectivity index (χ0n) is 14.0. The van der Waals surface area contributed by atoms with Crippen molar-refractivity contribution in [2.45, 2.75) is 30.0 Å². The van der Waals surface area contributed by atoms with Crippen molar-refractivity contribution in [1.82, 2.24) is 14.9 Å². The van der Waals surface area contributed by atoms with Gasteiger partial charge in [0.25, 0.3) is 14.4 Å². The molecule has 1 aliphatic carbocycles. The Morgan fingerprint density at radius 3 is 2.77 bits per heavy atom. The fraction of sp³-hybridized carbons (Fsp3) is 0.333. The van der Waals surface area contributed by atoms with Gasteiger partial charge >= 0.3 is 0 Å². The van der Waals surface area contributed by atoms with E-state index in [2.05, 4.69) is 15.5 Å². The van der Waals surface area contributed by atoms with Gasteiger partial charge in [-0.1, -0.05) is 23.5 Å². The van der Waals surface area contributed by atoms with E-state index in [0.717, 1.165) is 11.1 Å². The van der Waals surface area contributed by atoms with Gasteiger partial charge in [0.1, 0.15) is 5.75 Å². The first-order valence-corrected chi connectivity index (χ1v) is 9.95. The number of ether oxygens (including phenoxy) is 1. The Morgan fingerprint density at radius 1 is 1.31 bits per heavy atom. The van der Waals surface area contributed by atoms with Gasteiger partial charge in [-0.3, -0.25) is 9.59 Å². The molecule has 1 atom stereocenters. The molecule has 1 heterocycles. The number of anilines is 1. The van der Waals surface area contributed by atoms with Crippen LogP contribution in [0, 0.1) is 0 Å². The molecular formula is C15H16N4O5S2. The van der Waals surface area contributed by atoms with Gasteiger partial charge < -0.3 is 10.1 Å². The molecule has 11 heteroatoms. The average Bonchev–Trinajstić information content (AvgIpc) is 3.20. The predicted molar refractivity (Wildman–Crippen MR) is 93.6 cm³/mol. The molecule has 26 heavy (non-hydrogen) atoms. The van der Waals surface area contributed by atoms with Crippen molar-refractivity contribution in [3.63, 3.8) is 0 Å². The van der Waals surface area contributed by atoms with Gasteiger partial charge in [-0.05, 0) is 30.0 Å². The van der Waals surface area contributed by atoms with Crippen LogP contribution in [0.15, 0.2) is 22.5 Å². The summed E-state index contributed by atoms with van der Waals surface area (Å²) in [6.45, 7) is 1.27. The molecule has 0 fully saturated rings. The molecule has 2 aromatic rings. The first-order chi connectivity index (χ1) is 12.3. The standard InChI is InChI=1S/C15H16N4O5S2/c1-8(20)16-14-17-18-15(25-14)26(22,23)19-13(21)11-7-6-10-9(11)4-3-5-12(10)24-2/h3-5,11H,6-7H2,1-2H3,(H,19,21)(H,16,17,20). The smallest absolute Gasteiger partial charge is 0.293 e. The molecule has 0 bridgehead atoms. The highest BCUT2D eigenvalue weighted by Crippen LogP contribution is 2.38. The normalized spacial score (nSPS) is 16.0. The Kier molecular flexibility index (Phi) is 4.92. The number of hydrogen-bond acceptors (Lipinski definition) is 8. The number of carbonyl (C=O) groups excluding carboxylic acids is 2. The first kappa shape index (κ1) is 18.3. The molecular weight excluding hydrogens is 380 g/mol. The number of hydrogen-bond donors (Lipinski definition) is 2. The van der Waals surface area contributed by atoms with Crippen molar-refractivity contribution in [1.29, 1.82) is 0 Å². The van der Waals surface area contributed by atoms with Crippen LogP contribution in [0.1, 0.15) is 30.4 Å². The second-order valence-electron chi connectivity index (χ2n) is 5.64. The van der Waals surface area contributed by atoms with E-state index in [-0.39, 0.29) is 5.13 Å². The fourth-order valence-electron chi connectivity index (χ4n) is 2.85. The van der Waals surface area contributed by atoms with Crippen molar-refractivity contribution >= 4 is 38.3 Å². The first-order valence-electron chi connectivity index (χ1n) is 7.65. The van der Waals surface area contributed by atoms with Crippen LogP contribution >= 0.6 is 11.3 Å². The summed E-state index contributed by atoms with van der Waals surface area (Å²) < 4.78 is 31.7. The Bertz CT molecular complexity index is 970. The largest absolute Gasteiger partial charge is 0.496 e. The van der Waals surface area contributed by atoms with Gasteiger partial charge in [0.05, 0.1) is 13.0 Å². The lowest BCUT2D eigenvalue weighted by molar-refractivity contribution is -0.120. The molecule has 138 valence electrons. The van der Waals surface area contributed by atoms with Crippen LogP contribution in [0.2, 0.25) is 0 Å². The van der Waals surface area contributed by atoms with E-state index in [1.165, 1.54) is 6.92 Å². The van der Waals surface area contributed by atoms with Gasteiger partial charge in [-0.25, -0.2) is 4.72 Å². The van der Waals surface area contributed by atoms with Crippen LogP contribution in [0.4, 0.5) is 5.13 Å². The topological polar surface area (TPSA) is 127 Å². The third kappa shape index (κ3) is 3.53. The quantitative estimate of drug-likeness (QED) is 0.723. The number of amides is 2. The van der Waals surface area contributed by atoms with Crippen molar-refractivity contribution in [3.8, 4) is 5.75 Å². The molecule has 3 rings (SSSR count). The molecule has 9 nitrogen and oxygen atoms in total. The maximum absolute atomic E-state index is 12.5. The van der Waals surface area contributed by atoms with E-state index in [1.807, 2.05) is 4.72 Å². The maximum Gasteiger partial charge on any atom is 0.293 e. The van der Waals surface area contributed by atoms with Crippen LogP contribution in [0.5, 0.6) is 5.75 Å². The minimum Gasteiger partial charge on any atom is -0.496 e. The van der Waals surface area contributed by atoms with Crippen molar-refractivity contribution < 1.29 is 22.7 Å². The zero-order chi connectivity index (χ0) is 18.9. The molecule has 0 spiro atoms. The van der Waals surface area contributed by atoms with Crippen LogP contribution < -0.4 is 14.8 Å². The summed E-state index contributed by atoms with van der Waals surface area (Å²) in [4.78, 5) is 23.5. The number of methoxy groups -OCH3 is 1. The minimum absolute atomic E-state index is 0.0428. The van der Waals surface area contributed by atoms with Crippen LogP contribution in [-0.2, 0) is 26.0 Å². The Morgan fingerprint density at radius 2 is 2.08 bits per heavy atom. The van der Waals surface area contributed by atoms with E-state index < -0.39 is 32.1 Å². The fourth-order valence-corrected chi connectivity index (χ4v) is 4.82. The van der Waals surface area contributed by atoms with Gasteiger partial charge in [0, 0.05) is 6.92 Å². The summed E-state index contributed by atoms with van der Waals surface area (Å²) in [6, 6.07) is 5.37. The molecule has 0 saturated heterocycles. The second-order valence-corrected chi connectivity index (χ2v) is 8.48. The maximum atomic E-state index is 12.5. The summed E-state index contributed by atoms with van der Waals surface area (Å²) in [5.41, 5.74) is 1.67. The summed E-state index contributed by atoms with van der Waals surface area (Å²) in [5.74, 6) is -0.929. The van der Waals surface area contributed by atoms with Crippen molar-refractivity contribution in [2.75, 3.05) is 12.4 Å². The summed E-state index contributed by atoms with van der Waals surface area (Å²) >= 11 is 0.668. The Balaban J connectivity index is 1.78. The number of aromatic nitrogens is 2. The number of rotatable bonds is 5. The lowest BCUT2D eigenvalue weighted by Crippen LogP contribution is -2.34. The molecule has 1 aromatic heterocycles. The number of sulfonamides is 1. The van der Waals surface area contributed by atoms with Crippen LogP contribution in [0.3, 0.4) is 0 Å². The van der Waals surface area contributed by atoms with Gasteiger partial charge in [-0.2, -0.15) is 8.42 Å². The lowest BCUT2D eigenvalue weighted by atomic mass is 10.0. The zero-order valence-corrected chi connectivity index (χ0v) is 15.6. The third-order valence-electron chi connectivity index (χ3n) is 3.92. The van der Waals surface area contributed by atoms with E-state index >= 15 is 0 Å². The average molecular weight is 396 g/mol. The summed E-state index contributed by atoms with van der Waals surface area (Å²) in [5, 5.41) is 9.49. The number of carbonyl (C=O) groups is 2. The third-order valence-corrected chi connectivity index (χ3v) is 6.47. The molecule has 0 radical (unpaired) electrons. The summed E-state index contributed by atoms with van der Waals surface area (Å²) in [6.07, 6.45) is 1.12. The van der Waals surface area contributed by atoms with Gasteiger partial charge in [-0.15, -0.1) is 10.2 Å². The minimum atomic E-state index is -4.17. The molecule has 2 N–H and O–H groups in total. The van der Waals surface area contributed by atoms with Crippen LogP contribution in [-0.4, -0.2) is 37.5 Å². The van der Waals surface area contributed by atoms with Gasteiger partial charge in [0.15, 0.2) is 0 Å². The van der Waals surface area contributed by atoms with E-state index in [0.29, 0.717) is 29.9 Å². The molecule has 1 aromatic carbocycles. The number of benzene rings is 1. The van der Waals surface area contributed by atoms with Crippen molar-refractivity contribution in [3.05, 3.63) is 29.3 Å².